The Morgan fingerprint density at radius 3 is 2.66 bits per heavy atom. The van der Waals surface area contributed by atoms with E-state index in [-0.39, 0.29) is 6.03 Å². The summed E-state index contributed by atoms with van der Waals surface area (Å²) in [5.74, 6) is 1.34. The van der Waals surface area contributed by atoms with Crippen molar-refractivity contribution >= 4 is 16.9 Å². The molecule has 0 radical (unpaired) electrons. The lowest BCUT2D eigenvalue weighted by atomic mass is 10.1. The Balaban J connectivity index is 1.41. The number of ether oxygens (including phenoxy) is 2. The van der Waals surface area contributed by atoms with Crippen LogP contribution in [0.15, 0.2) is 36.4 Å². The van der Waals surface area contributed by atoms with Crippen LogP contribution in [0, 0.1) is 6.92 Å². The molecular formula is C23H27N3O3. The fraction of sp³-hybridized carbons (Fsp3) is 0.348. The van der Waals surface area contributed by atoms with Crippen LogP contribution in [0.1, 0.15) is 22.4 Å². The fourth-order valence-electron chi connectivity index (χ4n) is 4.00. The van der Waals surface area contributed by atoms with E-state index in [1.54, 1.807) is 14.2 Å². The molecule has 0 spiro atoms. The largest absolute Gasteiger partial charge is 0.493 e. The molecule has 0 saturated heterocycles. The van der Waals surface area contributed by atoms with Gasteiger partial charge in [0.25, 0.3) is 0 Å². The maximum atomic E-state index is 12.7. The molecule has 2 heterocycles. The van der Waals surface area contributed by atoms with E-state index in [0.717, 1.165) is 18.4 Å². The van der Waals surface area contributed by atoms with Gasteiger partial charge in [0, 0.05) is 42.7 Å². The summed E-state index contributed by atoms with van der Waals surface area (Å²) in [5.41, 5.74) is 6.01. The van der Waals surface area contributed by atoms with Gasteiger partial charge in [0.2, 0.25) is 0 Å². The van der Waals surface area contributed by atoms with Crippen molar-refractivity contribution in [1.29, 1.82) is 0 Å². The Bertz CT molecular complexity index is 1040. The number of fused-ring (bicyclic) bond motifs is 3. The van der Waals surface area contributed by atoms with E-state index in [2.05, 4.69) is 35.4 Å². The van der Waals surface area contributed by atoms with Crippen LogP contribution in [0.2, 0.25) is 0 Å². The van der Waals surface area contributed by atoms with E-state index in [1.807, 2.05) is 23.1 Å². The van der Waals surface area contributed by atoms with Gasteiger partial charge in [-0.15, -0.1) is 0 Å². The maximum Gasteiger partial charge on any atom is 0.317 e. The zero-order valence-electron chi connectivity index (χ0n) is 17.2. The van der Waals surface area contributed by atoms with Gasteiger partial charge >= 0.3 is 6.03 Å². The summed E-state index contributed by atoms with van der Waals surface area (Å²) in [6.45, 7) is 3.98. The van der Waals surface area contributed by atoms with E-state index < -0.39 is 0 Å². The van der Waals surface area contributed by atoms with E-state index in [4.69, 9.17) is 9.47 Å². The fourth-order valence-corrected chi connectivity index (χ4v) is 4.00. The standard InChI is InChI=1S/C23H27N3O3/c1-15-4-6-19-18(12-15)17-8-10-26(11-9-20(17)25-19)23(27)24-14-16-5-7-21(28-2)22(13-16)29-3/h4-7,12-13,25H,8-11,14H2,1-3H3,(H,24,27). The predicted molar refractivity (Wildman–Crippen MR) is 114 cm³/mol. The minimum atomic E-state index is -0.0366. The molecule has 6 heteroatoms. The van der Waals surface area contributed by atoms with Gasteiger partial charge in [0.05, 0.1) is 14.2 Å². The molecule has 1 aliphatic rings. The monoisotopic (exact) mass is 393 g/mol. The number of carbonyl (C=O) groups excluding carboxylic acids is 1. The summed E-state index contributed by atoms with van der Waals surface area (Å²) in [6, 6.07) is 12.2. The molecular weight excluding hydrogens is 366 g/mol. The van der Waals surface area contributed by atoms with E-state index in [9.17, 15) is 4.79 Å². The smallest absolute Gasteiger partial charge is 0.317 e. The van der Waals surface area contributed by atoms with Crippen LogP contribution in [-0.2, 0) is 19.4 Å². The van der Waals surface area contributed by atoms with E-state index in [1.165, 1.54) is 27.7 Å². The van der Waals surface area contributed by atoms with Crippen LogP contribution < -0.4 is 14.8 Å². The normalized spacial score (nSPS) is 13.7. The molecule has 2 N–H and O–H groups in total. The number of aromatic nitrogens is 1. The van der Waals surface area contributed by atoms with Crippen molar-refractivity contribution in [2.45, 2.75) is 26.3 Å². The summed E-state index contributed by atoms with van der Waals surface area (Å²) in [6.07, 6.45) is 1.70. The lowest BCUT2D eigenvalue weighted by molar-refractivity contribution is 0.199. The molecule has 1 aliphatic heterocycles. The van der Waals surface area contributed by atoms with Crippen molar-refractivity contribution in [3.05, 3.63) is 58.8 Å². The molecule has 29 heavy (non-hydrogen) atoms. The first-order valence-electron chi connectivity index (χ1n) is 9.93. The average Bonchev–Trinajstić information content (AvgIpc) is 2.94. The summed E-state index contributed by atoms with van der Waals surface area (Å²) >= 11 is 0. The Hall–Kier alpha value is -3.15. The number of hydrogen-bond acceptors (Lipinski definition) is 3. The molecule has 0 atom stereocenters. The molecule has 0 bridgehead atoms. The molecule has 152 valence electrons. The first-order chi connectivity index (χ1) is 14.1. The highest BCUT2D eigenvalue weighted by atomic mass is 16.5. The highest BCUT2D eigenvalue weighted by Crippen LogP contribution is 2.28. The van der Waals surface area contributed by atoms with Gasteiger partial charge in [-0.25, -0.2) is 4.79 Å². The summed E-state index contributed by atoms with van der Waals surface area (Å²) in [4.78, 5) is 18.2. The third kappa shape index (κ3) is 3.88. The molecule has 3 aromatic rings. The summed E-state index contributed by atoms with van der Waals surface area (Å²) < 4.78 is 10.6. The maximum absolute atomic E-state index is 12.7. The number of rotatable bonds is 4. The SMILES string of the molecule is COc1ccc(CNC(=O)N2CCc3[nH]c4ccc(C)cc4c3CC2)cc1OC. The molecule has 0 saturated carbocycles. The van der Waals surface area contributed by atoms with Crippen molar-refractivity contribution in [3.8, 4) is 11.5 Å². The van der Waals surface area contributed by atoms with Crippen molar-refractivity contribution in [1.82, 2.24) is 15.2 Å². The molecule has 0 fully saturated rings. The van der Waals surface area contributed by atoms with Gasteiger partial charge in [-0.2, -0.15) is 0 Å². The molecule has 0 aliphatic carbocycles. The van der Waals surface area contributed by atoms with Crippen LogP contribution in [-0.4, -0.2) is 43.2 Å². The molecule has 1 aromatic heterocycles. The topological polar surface area (TPSA) is 66.6 Å². The molecule has 4 rings (SSSR count). The summed E-state index contributed by atoms with van der Waals surface area (Å²) in [5, 5.41) is 4.32. The van der Waals surface area contributed by atoms with Gasteiger partial charge in [-0.3, -0.25) is 0 Å². The number of H-pyrrole nitrogens is 1. The second-order valence-electron chi connectivity index (χ2n) is 7.47. The van der Waals surface area contributed by atoms with Gasteiger partial charge in [-0.05, 0) is 48.7 Å². The summed E-state index contributed by atoms with van der Waals surface area (Å²) in [7, 11) is 3.22. The van der Waals surface area contributed by atoms with Crippen molar-refractivity contribution in [2.75, 3.05) is 27.3 Å². The van der Waals surface area contributed by atoms with Crippen LogP contribution in [0.4, 0.5) is 4.79 Å². The van der Waals surface area contributed by atoms with Crippen molar-refractivity contribution in [3.63, 3.8) is 0 Å². The third-order valence-corrected chi connectivity index (χ3v) is 5.59. The number of aryl methyl sites for hydroxylation is 1. The predicted octanol–water partition coefficient (Wildman–Crippen LogP) is 3.80. The van der Waals surface area contributed by atoms with Gasteiger partial charge in [0.1, 0.15) is 0 Å². The van der Waals surface area contributed by atoms with E-state index >= 15 is 0 Å². The highest BCUT2D eigenvalue weighted by Gasteiger charge is 2.21. The quantitative estimate of drug-likeness (QED) is 0.708. The number of methoxy groups -OCH3 is 2. The Labute approximate surface area is 170 Å². The first kappa shape index (κ1) is 19.2. The lowest BCUT2D eigenvalue weighted by Crippen LogP contribution is -2.41. The number of urea groups is 1. The number of benzene rings is 2. The third-order valence-electron chi connectivity index (χ3n) is 5.59. The Morgan fingerprint density at radius 1 is 1.07 bits per heavy atom. The number of amides is 2. The average molecular weight is 393 g/mol. The second kappa shape index (κ2) is 8.07. The number of aromatic amines is 1. The van der Waals surface area contributed by atoms with Crippen LogP contribution in [0.3, 0.4) is 0 Å². The van der Waals surface area contributed by atoms with Crippen LogP contribution in [0.5, 0.6) is 11.5 Å². The Kier molecular flexibility index (Phi) is 5.34. The van der Waals surface area contributed by atoms with Gasteiger partial charge in [-0.1, -0.05) is 17.7 Å². The van der Waals surface area contributed by atoms with Gasteiger partial charge in [0.15, 0.2) is 11.5 Å². The van der Waals surface area contributed by atoms with Gasteiger partial charge < -0.3 is 24.7 Å². The van der Waals surface area contributed by atoms with Crippen LogP contribution >= 0.6 is 0 Å². The number of hydrogen-bond donors (Lipinski definition) is 2. The minimum Gasteiger partial charge on any atom is -0.493 e. The zero-order valence-corrected chi connectivity index (χ0v) is 17.2. The first-order valence-corrected chi connectivity index (χ1v) is 9.93. The van der Waals surface area contributed by atoms with Crippen LogP contribution in [0.25, 0.3) is 10.9 Å². The number of nitrogens with one attached hydrogen (secondary N) is 2. The second-order valence-corrected chi connectivity index (χ2v) is 7.47. The van der Waals surface area contributed by atoms with Crippen molar-refractivity contribution < 1.29 is 14.3 Å². The van der Waals surface area contributed by atoms with Crippen molar-refractivity contribution in [2.24, 2.45) is 0 Å². The zero-order chi connectivity index (χ0) is 20.4. The number of carbonyl (C=O) groups is 1. The molecule has 6 nitrogen and oxygen atoms in total. The molecule has 0 unspecified atom stereocenters. The molecule has 2 aromatic carbocycles. The molecule has 2 amide bonds. The number of nitrogens with zero attached hydrogens (tertiary/aromatic N) is 1. The Morgan fingerprint density at radius 2 is 1.86 bits per heavy atom. The van der Waals surface area contributed by atoms with E-state index in [0.29, 0.717) is 31.1 Å². The highest BCUT2D eigenvalue weighted by molar-refractivity contribution is 5.85. The minimum absolute atomic E-state index is 0.0366. The lowest BCUT2D eigenvalue weighted by Gasteiger charge is -2.21.